The van der Waals surface area contributed by atoms with Crippen molar-refractivity contribution in [3.8, 4) is 22.4 Å². The quantitative estimate of drug-likeness (QED) is 0.621. The van der Waals surface area contributed by atoms with Crippen LogP contribution in [0, 0.1) is 0 Å². The van der Waals surface area contributed by atoms with Crippen molar-refractivity contribution in [2.45, 2.75) is 11.3 Å². The highest BCUT2D eigenvalue weighted by Crippen LogP contribution is 2.34. The van der Waals surface area contributed by atoms with Crippen LogP contribution < -0.4 is 0 Å². The third kappa shape index (κ3) is 3.61. The first-order chi connectivity index (χ1) is 11.8. The molecule has 3 nitrogen and oxygen atoms in total. The van der Waals surface area contributed by atoms with Crippen molar-refractivity contribution in [3.63, 3.8) is 0 Å². The molecule has 0 aliphatic carbocycles. The van der Waals surface area contributed by atoms with Gasteiger partial charge in [-0.2, -0.15) is 5.10 Å². The zero-order valence-corrected chi connectivity index (χ0v) is 14.3. The van der Waals surface area contributed by atoms with Crippen LogP contribution in [0.5, 0.6) is 0 Å². The fourth-order valence-electron chi connectivity index (χ4n) is 2.60. The van der Waals surface area contributed by atoms with E-state index in [1.165, 1.54) is 4.90 Å². The van der Waals surface area contributed by atoms with Gasteiger partial charge in [-0.25, -0.2) is 5.11 Å². The molecule has 1 radical (unpaired) electrons. The maximum atomic E-state index is 10.7. The Kier molecular flexibility index (Phi) is 5.51. The molecule has 0 saturated carbocycles. The first-order valence-electron chi connectivity index (χ1n) is 7.86. The summed E-state index contributed by atoms with van der Waals surface area (Å²) in [6.45, 7) is -0.107. The minimum atomic E-state index is -0.107. The van der Waals surface area contributed by atoms with E-state index in [2.05, 4.69) is 52.9 Å². The van der Waals surface area contributed by atoms with Gasteiger partial charge in [0.2, 0.25) is 0 Å². The number of nitrogens with one attached hydrogen (secondary N) is 1. The third-order valence-electron chi connectivity index (χ3n) is 3.80. The van der Waals surface area contributed by atoms with Gasteiger partial charge in [-0.15, -0.1) is 11.8 Å². The van der Waals surface area contributed by atoms with Gasteiger partial charge < -0.3 is 0 Å². The van der Waals surface area contributed by atoms with Gasteiger partial charge in [0.25, 0.3) is 0 Å². The summed E-state index contributed by atoms with van der Waals surface area (Å²) in [6.07, 6.45) is 6.39. The lowest BCUT2D eigenvalue weighted by molar-refractivity contribution is 0.199. The van der Waals surface area contributed by atoms with Crippen molar-refractivity contribution in [1.29, 1.82) is 0 Å². The number of aromatic amines is 1. The third-order valence-corrected chi connectivity index (χ3v) is 4.54. The van der Waals surface area contributed by atoms with Gasteiger partial charge in [0, 0.05) is 16.0 Å². The van der Waals surface area contributed by atoms with Crippen LogP contribution in [0.25, 0.3) is 28.5 Å². The van der Waals surface area contributed by atoms with Gasteiger partial charge >= 0.3 is 0 Å². The predicted octanol–water partition coefficient (Wildman–Crippen LogP) is 5.30. The zero-order valence-electron chi connectivity index (χ0n) is 13.5. The van der Waals surface area contributed by atoms with Gasteiger partial charge in [0.1, 0.15) is 0 Å². The van der Waals surface area contributed by atoms with E-state index < -0.39 is 0 Å². The molecule has 0 saturated heterocycles. The van der Waals surface area contributed by atoms with Crippen LogP contribution >= 0.6 is 11.8 Å². The van der Waals surface area contributed by atoms with E-state index in [-0.39, 0.29) is 6.61 Å². The SMILES string of the molecule is CSc1ccc(-c2[nH]nc(/C=C\CC[O])c2-c2ccccc2)cc1. The number of thioether (sulfide) groups is 1. The molecule has 0 atom stereocenters. The number of aromatic nitrogens is 2. The highest BCUT2D eigenvalue weighted by atomic mass is 32.2. The normalized spacial score (nSPS) is 11.2. The Morgan fingerprint density at radius 2 is 1.79 bits per heavy atom. The van der Waals surface area contributed by atoms with Crippen molar-refractivity contribution < 1.29 is 5.11 Å². The highest BCUT2D eigenvalue weighted by molar-refractivity contribution is 7.98. The second-order valence-electron chi connectivity index (χ2n) is 5.35. The van der Waals surface area contributed by atoms with Crippen LogP contribution in [0.15, 0.2) is 65.6 Å². The molecule has 0 amide bonds. The monoisotopic (exact) mass is 335 g/mol. The smallest absolute Gasteiger partial charge is 0.0930 e. The average Bonchev–Trinajstić information content (AvgIpc) is 3.06. The Labute approximate surface area is 146 Å². The molecule has 0 unspecified atom stereocenters. The van der Waals surface area contributed by atoms with Gasteiger partial charge in [-0.3, -0.25) is 5.10 Å². The first-order valence-corrected chi connectivity index (χ1v) is 9.09. The van der Waals surface area contributed by atoms with Crippen LogP contribution in [0.1, 0.15) is 12.1 Å². The Morgan fingerprint density at radius 3 is 2.46 bits per heavy atom. The topological polar surface area (TPSA) is 48.6 Å². The van der Waals surface area contributed by atoms with Gasteiger partial charge in [-0.05, 0) is 36.4 Å². The molecule has 1 N–H and O–H groups in total. The first kappa shape index (κ1) is 16.6. The fraction of sp³-hybridized carbons (Fsp3) is 0.150. The number of rotatable bonds is 6. The lowest BCUT2D eigenvalue weighted by Crippen LogP contribution is -1.84. The minimum Gasteiger partial charge on any atom is -0.277 e. The molecule has 4 heteroatoms. The molecule has 121 valence electrons. The maximum Gasteiger partial charge on any atom is 0.0930 e. The van der Waals surface area contributed by atoms with Crippen molar-refractivity contribution in [2.75, 3.05) is 12.9 Å². The summed E-state index contributed by atoms with van der Waals surface area (Å²) in [5.41, 5.74) is 5.13. The Bertz CT molecular complexity index is 807. The largest absolute Gasteiger partial charge is 0.277 e. The van der Waals surface area contributed by atoms with Gasteiger partial charge in [-0.1, -0.05) is 48.5 Å². The zero-order chi connectivity index (χ0) is 16.8. The van der Waals surface area contributed by atoms with Gasteiger partial charge in [0.05, 0.1) is 18.0 Å². The highest BCUT2D eigenvalue weighted by Gasteiger charge is 2.14. The molecular formula is C20H19N2OS. The number of hydrogen-bond acceptors (Lipinski definition) is 2. The standard InChI is InChI=1S/C20H19N2OS/c1-24-17-12-10-16(11-13-17)20-19(15-7-3-2-4-8-15)18(21-22-20)9-5-6-14-23/h2-5,7-13H,6,14H2,1H3,(H,21,22)/b9-5-. The molecule has 3 aromatic rings. The molecule has 0 spiro atoms. The van der Waals surface area contributed by atoms with E-state index in [1.54, 1.807) is 11.8 Å². The molecule has 1 heterocycles. The molecule has 1 aromatic heterocycles. The van der Waals surface area contributed by atoms with Crippen LogP contribution in [0.4, 0.5) is 0 Å². The predicted molar refractivity (Wildman–Crippen MR) is 100 cm³/mol. The van der Waals surface area contributed by atoms with Crippen LogP contribution in [-0.2, 0) is 5.11 Å². The number of benzene rings is 2. The van der Waals surface area contributed by atoms with Crippen LogP contribution in [0.2, 0.25) is 0 Å². The maximum absolute atomic E-state index is 10.7. The van der Waals surface area contributed by atoms with Crippen molar-refractivity contribution >= 4 is 17.8 Å². The summed E-state index contributed by atoms with van der Waals surface area (Å²) in [5.74, 6) is 0. The summed E-state index contributed by atoms with van der Waals surface area (Å²) < 4.78 is 0. The summed E-state index contributed by atoms with van der Waals surface area (Å²) in [6, 6.07) is 18.6. The van der Waals surface area contributed by atoms with E-state index in [0.29, 0.717) is 6.42 Å². The summed E-state index contributed by atoms with van der Waals surface area (Å²) in [4.78, 5) is 1.23. The molecule has 0 bridgehead atoms. The molecule has 0 aliphatic heterocycles. The van der Waals surface area contributed by atoms with E-state index in [9.17, 15) is 5.11 Å². The number of nitrogens with zero attached hydrogens (tertiary/aromatic N) is 1. The second-order valence-corrected chi connectivity index (χ2v) is 6.23. The fourth-order valence-corrected chi connectivity index (χ4v) is 3.01. The molecule has 2 aromatic carbocycles. The van der Waals surface area contributed by atoms with Crippen molar-refractivity contribution in [1.82, 2.24) is 10.2 Å². The van der Waals surface area contributed by atoms with Crippen molar-refractivity contribution in [2.24, 2.45) is 0 Å². The van der Waals surface area contributed by atoms with E-state index in [1.807, 2.05) is 30.4 Å². The second kappa shape index (κ2) is 7.99. The summed E-state index contributed by atoms with van der Waals surface area (Å²) in [5, 5.41) is 18.3. The van der Waals surface area contributed by atoms with Crippen molar-refractivity contribution in [3.05, 3.63) is 66.4 Å². The van der Waals surface area contributed by atoms with Crippen LogP contribution in [0.3, 0.4) is 0 Å². The molecule has 24 heavy (non-hydrogen) atoms. The summed E-state index contributed by atoms with van der Waals surface area (Å²) in [7, 11) is 0. The number of H-pyrrole nitrogens is 1. The summed E-state index contributed by atoms with van der Waals surface area (Å²) >= 11 is 1.73. The average molecular weight is 335 g/mol. The number of hydrogen-bond donors (Lipinski definition) is 1. The molecule has 0 aliphatic rings. The Hall–Kier alpha value is -2.30. The van der Waals surface area contributed by atoms with Crippen LogP contribution in [-0.4, -0.2) is 23.1 Å². The Balaban J connectivity index is 2.08. The molecular weight excluding hydrogens is 316 g/mol. The lowest BCUT2D eigenvalue weighted by Gasteiger charge is -2.06. The Morgan fingerprint density at radius 1 is 1.04 bits per heavy atom. The lowest BCUT2D eigenvalue weighted by atomic mass is 9.98. The molecule has 0 fully saturated rings. The van der Waals surface area contributed by atoms with E-state index >= 15 is 0 Å². The minimum absolute atomic E-state index is 0.107. The van der Waals surface area contributed by atoms with E-state index in [0.717, 1.165) is 28.1 Å². The molecule has 3 rings (SSSR count). The van der Waals surface area contributed by atoms with Gasteiger partial charge in [0.15, 0.2) is 0 Å². The van der Waals surface area contributed by atoms with E-state index in [4.69, 9.17) is 0 Å².